The average molecular weight is 248 g/mol. The third-order valence-electron chi connectivity index (χ3n) is 3.54. The maximum Gasteiger partial charge on any atom is 0.0499 e. The number of anilines is 1. The minimum atomic E-state index is 0.565. The standard InChI is InChI=1S/C15H24N2O/c1-12(11-18-3)9-16-10-13-4-5-15-14(8-13)6-7-17(15)2/h4-5,8,12,16H,6-7,9-11H2,1-3H3. The molecule has 0 fully saturated rings. The number of likely N-dealkylation sites (N-methyl/N-ethyl adjacent to an activating group) is 1. The quantitative estimate of drug-likeness (QED) is 0.834. The molecule has 1 aliphatic rings. The van der Waals surface area contributed by atoms with Gasteiger partial charge in [-0.2, -0.15) is 0 Å². The highest BCUT2D eigenvalue weighted by Crippen LogP contribution is 2.27. The SMILES string of the molecule is COCC(C)CNCc1ccc2c(c1)CCN2C. The lowest BCUT2D eigenvalue weighted by atomic mass is 10.1. The van der Waals surface area contributed by atoms with Crippen LogP contribution in [0.1, 0.15) is 18.1 Å². The van der Waals surface area contributed by atoms with Crippen LogP contribution in [0.25, 0.3) is 0 Å². The van der Waals surface area contributed by atoms with E-state index in [4.69, 9.17) is 4.74 Å². The molecule has 3 nitrogen and oxygen atoms in total. The van der Waals surface area contributed by atoms with Crippen molar-refractivity contribution in [2.75, 3.05) is 38.8 Å². The number of nitrogens with zero attached hydrogens (tertiary/aromatic N) is 1. The van der Waals surface area contributed by atoms with Gasteiger partial charge in [0, 0.05) is 46.1 Å². The van der Waals surface area contributed by atoms with Crippen molar-refractivity contribution < 1.29 is 4.74 Å². The Labute approximate surface area is 110 Å². The summed E-state index contributed by atoms with van der Waals surface area (Å²) in [5.41, 5.74) is 4.27. The van der Waals surface area contributed by atoms with Crippen LogP contribution in [0.15, 0.2) is 18.2 Å². The van der Waals surface area contributed by atoms with Crippen LogP contribution in [0.5, 0.6) is 0 Å². The van der Waals surface area contributed by atoms with E-state index in [0.29, 0.717) is 5.92 Å². The van der Waals surface area contributed by atoms with E-state index < -0.39 is 0 Å². The molecule has 0 aliphatic carbocycles. The van der Waals surface area contributed by atoms with Crippen molar-refractivity contribution in [3.8, 4) is 0 Å². The number of benzene rings is 1. The Balaban J connectivity index is 1.84. The van der Waals surface area contributed by atoms with E-state index >= 15 is 0 Å². The van der Waals surface area contributed by atoms with Crippen LogP contribution in [0, 0.1) is 5.92 Å². The normalized spacial score (nSPS) is 15.8. The second kappa shape index (κ2) is 6.21. The first-order chi connectivity index (χ1) is 8.70. The van der Waals surface area contributed by atoms with Gasteiger partial charge in [-0.3, -0.25) is 0 Å². The molecule has 1 heterocycles. The first-order valence-electron chi connectivity index (χ1n) is 6.73. The number of hydrogen-bond acceptors (Lipinski definition) is 3. The molecule has 0 saturated carbocycles. The minimum Gasteiger partial charge on any atom is -0.384 e. The lowest BCUT2D eigenvalue weighted by Gasteiger charge is -2.14. The molecular weight excluding hydrogens is 224 g/mol. The highest BCUT2D eigenvalue weighted by molar-refractivity contribution is 5.58. The van der Waals surface area contributed by atoms with Crippen LogP contribution in [-0.4, -0.2) is 33.9 Å². The van der Waals surface area contributed by atoms with Crippen molar-refractivity contribution in [3.63, 3.8) is 0 Å². The summed E-state index contributed by atoms with van der Waals surface area (Å²) >= 11 is 0. The Hall–Kier alpha value is -1.06. The highest BCUT2D eigenvalue weighted by Gasteiger charge is 2.15. The van der Waals surface area contributed by atoms with Crippen LogP contribution in [0.4, 0.5) is 5.69 Å². The maximum absolute atomic E-state index is 5.13. The summed E-state index contributed by atoms with van der Waals surface area (Å²) in [6.07, 6.45) is 1.18. The van der Waals surface area contributed by atoms with Gasteiger partial charge in [-0.1, -0.05) is 19.1 Å². The van der Waals surface area contributed by atoms with Gasteiger partial charge in [-0.05, 0) is 29.5 Å². The van der Waals surface area contributed by atoms with Gasteiger partial charge in [0.15, 0.2) is 0 Å². The fourth-order valence-electron chi connectivity index (χ4n) is 2.54. The maximum atomic E-state index is 5.13. The predicted octanol–water partition coefficient (Wildman–Crippen LogP) is 2.05. The summed E-state index contributed by atoms with van der Waals surface area (Å²) in [6, 6.07) is 6.82. The van der Waals surface area contributed by atoms with Gasteiger partial charge in [-0.25, -0.2) is 0 Å². The molecule has 100 valence electrons. The zero-order valence-corrected chi connectivity index (χ0v) is 11.7. The Bertz CT molecular complexity index is 392. The zero-order valence-electron chi connectivity index (χ0n) is 11.7. The summed E-state index contributed by atoms with van der Waals surface area (Å²) in [6.45, 7) is 6.13. The molecular formula is C15H24N2O. The van der Waals surface area contributed by atoms with Gasteiger partial charge in [0.25, 0.3) is 0 Å². The van der Waals surface area contributed by atoms with Crippen LogP contribution in [-0.2, 0) is 17.7 Å². The topological polar surface area (TPSA) is 24.5 Å². The molecule has 0 aromatic heterocycles. The average Bonchev–Trinajstić information content (AvgIpc) is 2.71. The Morgan fingerprint density at radius 2 is 2.28 bits per heavy atom. The molecule has 2 rings (SSSR count). The van der Waals surface area contributed by atoms with Gasteiger partial charge < -0.3 is 15.0 Å². The molecule has 0 spiro atoms. The first-order valence-corrected chi connectivity index (χ1v) is 6.73. The number of methoxy groups -OCH3 is 1. The van der Waals surface area contributed by atoms with Crippen molar-refractivity contribution in [1.82, 2.24) is 5.32 Å². The van der Waals surface area contributed by atoms with E-state index in [1.807, 2.05) is 0 Å². The monoisotopic (exact) mass is 248 g/mol. The molecule has 0 amide bonds. The van der Waals surface area contributed by atoms with Crippen LogP contribution in [0.3, 0.4) is 0 Å². The van der Waals surface area contributed by atoms with Gasteiger partial charge in [0.05, 0.1) is 0 Å². The van der Waals surface area contributed by atoms with Crippen molar-refractivity contribution in [2.45, 2.75) is 19.9 Å². The summed E-state index contributed by atoms with van der Waals surface area (Å²) < 4.78 is 5.13. The molecule has 1 aromatic rings. The Morgan fingerprint density at radius 1 is 1.44 bits per heavy atom. The van der Waals surface area contributed by atoms with Crippen molar-refractivity contribution in [3.05, 3.63) is 29.3 Å². The van der Waals surface area contributed by atoms with E-state index in [1.54, 1.807) is 7.11 Å². The van der Waals surface area contributed by atoms with Crippen LogP contribution >= 0.6 is 0 Å². The van der Waals surface area contributed by atoms with E-state index in [0.717, 1.165) is 26.2 Å². The molecule has 0 radical (unpaired) electrons. The molecule has 1 atom stereocenters. The zero-order chi connectivity index (χ0) is 13.0. The summed E-state index contributed by atoms with van der Waals surface area (Å²) in [4.78, 5) is 2.33. The lowest BCUT2D eigenvalue weighted by Crippen LogP contribution is -2.23. The largest absolute Gasteiger partial charge is 0.384 e. The molecule has 1 aliphatic heterocycles. The van der Waals surface area contributed by atoms with Gasteiger partial charge in [0.2, 0.25) is 0 Å². The third kappa shape index (κ3) is 3.24. The molecule has 3 heteroatoms. The number of nitrogens with one attached hydrogen (secondary N) is 1. The Kier molecular flexibility index (Phi) is 4.61. The fourth-order valence-corrected chi connectivity index (χ4v) is 2.54. The summed E-state index contributed by atoms with van der Waals surface area (Å²) in [5.74, 6) is 0.565. The van der Waals surface area contributed by atoms with E-state index in [9.17, 15) is 0 Å². The predicted molar refractivity (Wildman–Crippen MR) is 76.2 cm³/mol. The molecule has 18 heavy (non-hydrogen) atoms. The fraction of sp³-hybridized carbons (Fsp3) is 0.600. The minimum absolute atomic E-state index is 0.565. The smallest absolute Gasteiger partial charge is 0.0499 e. The number of ether oxygens (including phenoxy) is 1. The van der Waals surface area contributed by atoms with E-state index in [1.165, 1.54) is 23.2 Å². The molecule has 0 bridgehead atoms. The molecule has 0 saturated heterocycles. The van der Waals surface area contributed by atoms with Crippen molar-refractivity contribution in [1.29, 1.82) is 0 Å². The van der Waals surface area contributed by atoms with Crippen LogP contribution in [0.2, 0.25) is 0 Å². The van der Waals surface area contributed by atoms with Gasteiger partial charge in [-0.15, -0.1) is 0 Å². The van der Waals surface area contributed by atoms with Gasteiger partial charge in [0.1, 0.15) is 0 Å². The number of rotatable bonds is 6. The number of fused-ring (bicyclic) bond motifs is 1. The van der Waals surface area contributed by atoms with Crippen molar-refractivity contribution in [2.24, 2.45) is 5.92 Å². The van der Waals surface area contributed by atoms with E-state index in [2.05, 4.69) is 42.4 Å². The lowest BCUT2D eigenvalue weighted by molar-refractivity contribution is 0.158. The van der Waals surface area contributed by atoms with Gasteiger partial charge >= 0.3 is 0 Å². The Morgan fingerprint density at radius 3 is 3.06 bits per heavy atom. The number of hydrogen-bond donors (Lipinski definition) is 1. The molecule has 1 aromatic carbocycles. The van der Waals surface area contributed by atoms with Crippen LogP contribution < -0.4 is 10.2 Å². The molecule has 1 unspecified atom stereocenters. The summed E-state index contributed by atoms with van der Waals surface area (Å²) in [5, 5.41) is 3.50. The molecule has 1 N–H and O–H groups in total. The first kappa shape index (κ1) is 13.4. The second-order valence-electron chi connectivity index (χ2n) is 5.33. The third-order valence-corrected chi connectivity index (χ3v) is 3.54. The van der Waals surface area contributed by atoms with Crippen molar-refractivity contribution >= 4 is 5.69 Å². The second-order valence-corrected chi connectivity index (χ2v) is 5.33. The summed E-state index contributed by atoms with van der Waals surface area (Å²) in [7, 11) is 3.92. The highest BCUT2D eigenvalue weighted by atomic mass is 16.5. The van der Waals surface area contributed by atoms with E-state index in [-0.39, 0.29) is 0 Å².